The maximum Gasteiger partial charge on any atom is 0.233 e. The summed E-state index contributed by atoms with van der Waals surface area (Å²) in [5.74, 6) is -0.348. The Hall–Kier alpha value is -0.960. The second-order valence-corrected chi connectivity index (χ2v) is 4.96. The number of amides is 1. The smallest absolute Gasteiger partial charge is 0.233 e. The van der Waals surface area contributed by atoms with Gasteiger partial charge in [-0.1, -0.05) is 30.3 Å². The monoisotopic (exact) mass is 223 g/mol. The summed E-state index contributed by atoms with van der Waals surface area (Å²) in [5.41, 5.74) is 6.52. The molecule has 0 aliphatic rings. The third-order valence-corrected chi connectivity index (χ3v) is 2.95. The Morgan fingerprint density at radius 2 is 2.00 bits per heavy atom. The van der Waals surface area contributed by atoms with Gasteiger partial charge in [0.2, 0.25) is 5.91 Å². The van der Waals surface area contributed by atoms with Crippen LogP contribution >= 0.6 is 12.6 Å². The number of aryl methyl sites for hydroxylation is 1. The van der Waals surface area contributed by atoms with Crippen molar-refractivity contribution in [1.29, 1.82) is 0 Å². The maximum absolute atomic E-state index is 11.0. The molecule has 0 spiro atoms. The first kappa shape index (κ1) is 12.1. The zero-order valence-electron chi connectivity index (χ0n) is 8.94. The van der Waals surface area contributed by atoms with Crippen LogP contribution in [0.2, 0.25) is 0 Å². The number of rotatable bonds is 5. The Bertz CT molecular complexity index is 322. The van der Waals surface area contributed by atoms with E-state index >= 15 is 0 Å². The molecule has 0 saturated heterocycles. The summed E-state index contributed by atoms with van der Waals surface area (Å²) >= 11 is 4.25. The SMILES string of the molecule is CC(S)(CCCc1ccccc1)C(N)=O. The van der Waals surface area contributed by atoms with E-state index in [4.69, 9.17) is 5.73 Å². The van der Waals surface area contributed by atoms with Crippen molar-refractivity contribution < 1.29 is 4.79 Å². The van der Waals surface area contributed by atoms with Crippen LogP contribution in [-0.2, 0) is 11.2 Å². The third kappa shape index (κ3) is 3.96. The molecule has 0 aromatic heterocycles. The number of benzene rings is 1. The van der Waals surface area contributed by atoms with Crippen LogP contribution in [0.5, 0.6) is 0 Å². The Morgan fingerprint density at radius 1 is 1.40 bits per heavy atom. The van der Waals surface area contributed by atoms with Gasteiger partial charge >= 0.3 is 0 Å². The van der Waals surface area contributed by atoms with Crippen LogP contribution in [0, 0.1) is 0 Å². The molecule has 0 saturated carbocycles. The predicted molar refractivity (Wildman–Crippen MR) is 66.0 cm³/mol. The van der Waals surface area contributed by atoms with E-state index in [0.29, 0.717) is 6.42 Å². The molecule has 0 heterocycles. The van der Waals surface area contributed by atoms with E-state index in [9.17, 15) is 4.79 Å². The van der Waals surface area contributed by atoms with Crippen molar-refractivity contribution in [3.05, 3.63) is 35.9 Å². The van der Waals surface area contributed by atoms with E-state index in [1.54, 1.807) is 6.92 Å². The fourth-order valence-electron chi connectivity index (χ4n) is 1.40. The van der Waals surface area contributed by atoms with Crippen molar-refractivity contribution in [2.75, 3.05) is 0 Å². The first-order valence-corrected chi connectivity index (χ1v) is 5.53. The molecule has 0 aliphatic heterocycles. The number of nitrogens with two attached hydrogens (primary N) is 1. The van der Waals surface area contributed by atoms with Gasteiger partial charge in [-0.25, -0.2) is 0 Å². The fraction of sp³-hybridized carbons (Fsp3) is 0.417. The van der Waals surface area contributed by atoms with E-state index < -0.39 is 4.75 Å². The highest BCUT2D eigenvalue weighted by Crippen LogP contribution is 2.21. The third-order valence-electron chi connectivity index (χ3n) is 2.50. The van der Waals surface area contributed by atoms with E-state index in [1.165, 1.54) is 5.56 Å². The molecule has 1 unspecified atom stereocenters. The standard InChI is InChI=1S/C12H17NOS/c1-12(15,11(13)14)9-5-8-10-6-3-2-4-7-10/h2-4,6-7,15H,5,8-9H2,1H3,(H2,13,14). The van der Waals surface area contributed by atoms with Gasteiger partial charge in [-0.15, -0.1) is 0 Å². The summed E-state index contributed by atoms with van der Waals surface area (Å²) in [6.45, 7) is 1.77. The Balaban J connectivity index is 2.37. The van der Waals surface area contributed by atoms with Gasteiger partial charge in [0.25, 0.3) is 0 Å². The highest BCUT2D eigenvalue weighted by atomic mass is 32.1. The number of hydrogen-bond acceptors (Lipinski definition) is 2. The van der Waals surface area contributed by atoms with Crippen LogP contribution in [0.3, 0.4) is 0 Å². The Kier molecular flexibility index (Phi) is 4.21. The fourth-order valence-corrected chi connectivity index (χ4v) is 1.56. The molecule has 1 atom stereocenters. The summed E-state index contributed by atoms with van der Waals surface area (Å²) in [4.78, 5) is 11.0. The van der Waals surface area contributed by atoms with Gasteiger partial charge in [-0.3, -0.25) is 4.79 Å². The topological polar surface area (TPSA) is 43.1 Å². The summed E-state index contributed by atoms with van der Waals surface area (Å²) < 4.78 is -0.686. The molecule has 1 aromatic rings. The molecular weight excluding hydrogens is 206 g/mol. The highest BCUT2D eigenvalue weighted by molar-refractivity contribution is 7.82. The molecule has 1 aromatic carbocycles. The minimum absolute atomic E-state index is 0.348. The Labute approximate surface area is 96.3 Å². The summed E-state index contributed by atoms with van der Waals surface area (Å²) in [5, 5.41) is 0. The van der Waals surface area contributed by atoms with Crippen molar-refractivity contribution in [2.45, 2.75) is 30.9 Å². The average molecular weight is 223 g/mol. The lowest BCUT2D eigenvalue weighted by molar-refractivity contribution is -0.120. The molecule has 82 valence electrons. The zero-order valence-corrected chi connectivity index (χ0v) is 9.84. The molecule has 1 rings (SSSR count). The van der Waals surface area contributed by atoms with Crippen LogP contribution in [0.1, 0.15) is 25.3 Å². The van der Waals surface area contributed by atoms with Crippen molar-refractivity contribution >= 4 is 18.5 Å². The predicted octanol–water partition coefficient (Wildman–Crippen LogP) is 2.18. The van der Waals surface area contributed by atoms with Crippen LogP contribution < -0.4 is 5.73 Å². The maximum atomic E-state index is 11.0. The van der Waals surface area contributed by atoms with E-state index in [2.05, 4.69) is 24.8 Å². The highest BCUT2D eigenvalue weighted by Gasteiger charge is 2.25. The normalized spacial score (nSPS) is 14.5. The van der Waals surface area contributed by atoms with Crippen LogP contribution in [0.25, 0.3) is 0 Å². The lowest BCUT2D eigenvalue weighted by Crippen LogP contribution is -2.35. The lowest BCUT2D eigenvalue weighted by atomic mass is 10.00. The first-order chi connectivity index (χ1) is 7.02. The quantitative estimate of drug-likeness (QED) is 0.738. The number of carbonyl (C=O) groups is 1. The minimum atomic E-state index is -0.686. The largest absolute Gasteiger partial charge is 0.368 e. The van der Waals surface area contributed by atoms with E-state index in [1.807, 2.05) is 18.2 Å². The van der Waals surface area contributed by atoms with Gasteiger partial charge in [0.1, 0.15) is 0 Å². The van der Waals surface area contributed by atoms with Crippen molar-refractivity contribution in [3.63, 3.8) is 0 Å². The molecule has 0 bridgehead atoms. The van der Waals surface area contributed by atoms with Crippen molar-refractivity contribution in [1.82, 2.24) is 0 Å². The van der Waals surface area contributed by atoms with Gasteiger partial charge in [0, 0.05) is 0 Å². The van der Waals surface area contributed by atoms with Crippen LogP contribution in [0.15, 0.2) is 30.3 Å². The van der Waals surface area contributed by atoms with Gasteiger partial charge in [0.15, 0.2) is 0 Å². The summed E-state index contributed by atoms with van der Waals surface area (Å²) in [6, 6.07) is 10.2. The average Bonchev–Trinajstić information content (AvgIpc) is 2.19. The minimum Gasteiger partial charge on any atom is -0.368 e. The molecule has 2 N–H and O–H groups in total. The Morgan fingerprint density at radius 3 is 2.53 bits per heavy atom. The second kappa shape index (κ2) is 5.21. The van der Waals surface area contributed by atoms with E-state index in [0.717, 1.165) is 12.8 Å². The molecule has 1 amide bonds. The molecule has 0 radical (unpaired) electrons. The summed E-state index contributed by atoms with van der Waals surface area (Å²) in [6.07, 6.45) is 2.59. The second-order valence-electron chi connectivity index (χ2n) is 3.98. The first-order valence-electron chi connectivity index (χ1n) is 5.08. The van der Waals surface area contributed by atoms with Crippen LogP contribution in [-0.4, -0.2) is 10.7 Å². The number of carbonyl (C=O) groups excluding carboxylic acids is 1. The molecule has 0 fully saturated rings. The van der Waals surface area contributed by atoms with E-state index in [-0.39, 0.29) is 5.91 Å². The van der Waals surface area contributed by atoms with Gasteiger partial charge in [-0.2, -0.15) is 12.6 Å². The zero-order chi connectivity index (χ0) is 11.3. The molecule has 3 heteroatoms. The molecular formula is C12H17NOS. The van der Waals surface area contributed by atoms with Gasteiger partial charge in [-0.05, 0) is 31.7 Å². The summed E-state index contributed by atoms with van der Waals surface area (Å²) in [7, 11) is 0. The molecule has 0 aliphatic carbocycles. The van der Waals surface area contributed by atoms with Gasteiger partial charge < -0.3 is 5.73 Å². The number of hydrogen-bond donors (Lipinski definition) is 2. The molecule has 15 heavy (non-hydrogen) atoms. The number of thiol groups is 1. The van der Waals surface area contributed by atoms with Crippen LogP contribution in [0.4, 0.5) is 0 Å². The van der Waals surface area contributed by atoms with Crippen molar-refractivity contribution in [2.24, 2.45) is 5.73 Å². The number of primary amides is 1. The van der Waals surface area contributed by atoms with Crippen molar-refractivity contribution in [3.8, 4) is 0 Å². The van der Waals surface area contributed by atoms with Gasteiger partial charge in [0.05, 0.1) is 4.75 Å². The lowest BCUT2D eigenvalue weighted by Gasteiger charge is -2.18. The molecule has 2 nitrogen and oxygen atoms in total.